The molecule has 0 spiro atoms. The third-order valence-electron chi connectivity index (χ3n) is 5.63. The standard InChI is InChI=1S/C26H19BrClN3O/c1-16-7-8-19-14-21(25(28)29-22(19)13-16)24-15-23(17-9-11-20(27)12-10-17)30-31(24)26(32)18-5-3-2-4-6-18/h2-14,24H,15H2,1H3. The number of rotatable bonds is 3. The van der Waals surface area contributed by atoms with E-state index in [2.05, 4.69) is 20.9 Å². The van der Waals surface area contributed by atoms with E-state index >= 15 is 0 Å². The first-order valence-corrected chi connectivity index (χ1v) is 11.5. The molecular weight excluding hydrogens is 486 g/mol. The van der Waals surface area contributed by atoms with Crippen LogP contribution in [0.15, 0.2) is 88.4 Å². The monoisotopic (exact) mass is 503 g/mol. The van der Waals surface area contributed by atoms with Crippen molar-refractivity contribution in [3.8, 4) is 0 Å². The Bertz CT molecular complexity index is 1350. The second kappa shape index (κ2) is 8.49. The van der Waals surface area contributed by atoms with Crippen LogP contribution in [0.5, 0.6) is 0 Å². The molecule has 1 aliphatic rings. The molecule has 1 atom stereocenters. The SMILES string of the molecule is Cc1ccc2cc(C3CC(c4ccc(Br)cc4)=NN3C(=O)c3ccccc3)c(Cl)nc2c1. The molecule has 5 rings (SSSR count). The van der Waals surface area contributed by atoms with Gasteiger partial charge in [0, 0.05) is 27.4 Å². The predicted octanol–water partition coefficient (Wildman–Crippen LogP) is 6.95. The van der Waals surface area contributed by atoms with Gasteiger partial charge < -0.3 is 0 Å². The Labute approximate surface area is 199 Å². The van der Waals surface area contributed by atoms with Crippen molar-refractivity contribution < 1.29 is 4.79 Å². The van der Waals surface area contributed by atoms with E-state index < -0.39 is 0 Å². The van der Waals surface area contributed by atoms with Crippen LogP contribution in [0.25, 0.3) is 10.9 Å². The second-order valence-electron chi connectivity index (χ2n) is 7.85. The molecule has 4 nitrogen and oxygen atoms in total. The normalized spacial score (nSPS) is 15.8. The Morgan fingerprint density at radius 2 is 1.78 bits per heavy atom. The largest absolute Gasteiger partial charge is 0.274 e. The van der Waals surface area contributed by atoms with Gasteiger partial charge in [-0.2, -0.15) is 5.10 Å². The number of carbonyl (C=O) groups excluding carboxylic acids is 1. The van der Waals surface area contributed by atoms with Crippen molar-refractivity contribution in [3.05, 3.63) is 111 Å². The third kappa shape index (κ3) is 3.94. The van der Waals surface area contributed by atoms with E-state index in [9.17, 15) is 4.79 Å². The minimum Gasteiger partial charge on any atom is -0.267 e. The van der Waals surface area contributed by atoms with E-state index in [-0.39, 0.29) is 11.9 Å². The Hall–Kier alpha value is -3.02. The summed E-state index contributed by atoms with van der Waals surface area (Å²) in [5.74, 6) is -0.164. The highest BCUT2D eigenvalue weighted by molar-refractivity contribution is 9.10. The number of hydrogen-bond acceptors (Lipinski definition) is 3. The first kappa shape index (κ1) is 20.9. The lowest BCUT2D eigenvalue weighted by Gasteiger charge is -2.23. The van der Waals surface area contributed by atoms with Crippen LogP contribution in [0.1, 0.15) is 39.5 Å². The van der Waals surface area contributed by atoms with Crippen LogP contribution in [0.4, 0.5) is 0 Å². The number of fused-ring (bicyclic) bond motifs is 1. The highest BCUT2D eigenvalue weighted by Gasteiger charge is 2.35. The number of hydrazone groups is 1. The summed E-state index contributed by atoms with van der Waals surface area (Å²) >= 11 is 10.1. The number of aromatic nitrogens is 1. The van der Waals surface area contributed by atoms with E-state index in [1.54, 1.807) is 17.1 Å². The zero-order valence-electron chi connectivity index (χ0n) is 17.3. The zero-order valence-corrected chi connectivity index (χ0v) is 19.6. The van der Waals surface area contributed by atoms with Crippen molar-refractivity contribution in [2.75, 3.05) is 0 Å². The molecule has 0 aliphatic carbocycles. The minimum atomic E-state index is -0.341. The highest BCUT2D eigenvalue weighted by atomic mass is 79.9. The summed E-state index contributed by atoms with van der Waals surface area (Å²) in [5, 5.41) is 7.69. The van der Waals surface area contributed by atoms with Gasteiger partial charge in [0.25, 0.3) is 5.91 Å². The van der Waals surface area contributed by atoms with Gasteiger partial charge in [0.05, 0.1) is 17.3 Å². The summed E-state index contributed by atoms with van der Waals surface area (Å²) in [5.41, 5.74) is 5.15. The molecule has 0 fully saturated rings. The Balaban J connectivity index is 1.60. The molecule has 32 heavy (non-hydrogen) atoms. The fourth-order valence-electron chi connectivity index (χ4n) is 3.97. The smallest absolute Gasteiger partial charge is 0.267 e. The van der Waals surface area contributed by atoms with E-state index in [0.29, 0.717) is 17.1 Å². The molecule has 3 aromatic carbocycles. The fourth-order valence-corrected chi connectivity index (χ4v) is 4.51. The maximum absolute atomic E-state index is 13.4. The average molecular weight is 505 g/mol. The molecule has 0 N–H and O–H groups in total. The van der Waals surface area contributed by atoms with Gasteiger partial charge in [-0.3, -0.25) is 4.79 Å². The Morgan fingerprint density at radius 3 is 2.53 bits per heavy atom. The van der Waals surface area contributed by atoms with E-state index in [4.69, 9.17) is 16.7 Å². The van der Waals surface area contributed by atoms with Crippen molar-refractivity contribution in [3.63, 3.8) is 0 Å². The molecule has 4 aromatic rings. The molecule has 0 saturated carbocycles. The molecular formula is C26H19BrClN3O. The summed E-state index contributed by atoms with van der Waals surface area (Å²) < 4.78 is 0.991. The summed E-state index contributed by atoms with van der Waals surface area (Å²) in [4.78, 5) is 18.1. The number of hydrogen-bond donors (Lipinski definition) is 0. The molecule has 1 aromatic heterocycles. The average Bonchev–Trinajstić information content (AvgIpc) is 3.24. The van der Waals surface area contributed by atoms with Crippen LogP contribution in [-0.4, -0.2) is 21.6 Å². The lowest BCUT2D eigenvalue weighted by atomic mass is 9.98. The summed E-state index contributed by atoms with van der Waals surface area (Å²) in [6, 6.07) is 24.9. The van der Waals surface area contributed by atoms with Crippen molar-refractivity contribution >= 4 is 50.1 Å². The van der Waals surface area contributed by atoms with Gasteiger partial charge >= 0.3 is 0 Å². The number of halogens is 2. The summed E-state index contributed by atoms with van der Waals surface area (Å²) in [6.07, 6.45) is 0.555. The lowest BCUT2D eigenvalue weighted by Crippen LogP contribution is -2.27. The quantitative estimate of drug-likeness (QED) is 0.283. The van der Waals surface area contributed by atoms with Crippen LogP contribution in [-0.2, 0) is 0 Å². The van der Waals surface area contributed by atoms with Gasteiger partial charge in [-0.15, -0.1) is 0 Å². The topological polar surface area (TPSA) is 45.6 Å². The Morgan fingerprint density at radius 1 is 1.03 bits per heavy atom. The lowest BCUT2D eigenvalue weighted by molar-refractivity contribution is 0.0711. The molecule has 1 amide bonds. The molecule has 1 unspecified atom stereocenters. The maximum atomic E-state index is 13.4. The molecule has 0 radical (unpaired) electrons. The number of aryl methyl sites for hydroxylation is 1. The predicted molar refractivity (Wildman–Crippen MR) is 132 cm³/mol. The zero-order chi connectivity index (χ0) is 22.2. The van der Waals surface area contributed by atoms with Crippen molar-refractivity contribution in [2.45, 2.75) is 19.4 Å². The van der Waals surface area contributed by atoms with E-state index in [1.807, 2.05) is 73.7 Å². The number of nitrogens with zero attached hydrogens (tertiary/aromatic N) is 3. The number of benzene rings is 3. The van der Waals surface area contributed by atoms with Gasteiger partial charge in [0.15, 0.2) is 0 Å². The van der Waals surface area contributed by atoms with Crippen LogP contribution in [0, 0.1) is 6.92 Å². The summed E-state index contributed by atoms with van der Waals surface area (Å²) in [7, 11) is 0. The van der Waals surface area contributed by atoms with E-state index in [1.165, 1.54) is 0 Å². The highest BCUT2D eigenvalue weighted by Crippen LogP contribution is 2.38. The van der Waals surface area contributed by atoms with Crippen molar-refractivity contribution in [1.29, 1.82) is 0 Å². The molecule has 1 aliphatic heterocycles. The van der Waals surface area contributed by atoms with Crippen molar-refractivity contribution in [1.82, 2.24) is 9.99 Å². The van der Waals surface area contributed by atoms with Crippen LogP contribution in [0.2, 0.25) is 5.15 Å². The first-order valence-electron chi connectivity index (χ1n) is 10.3. The van der Waals surface area contributed by atoms with Gasteiger partial charge in [-0.1, -0.05) is 70.0 Å². The summed E-state index contributed by atoms with van der Waals surface area (Å²) in [6.45, 7) is 2.03. The molecule has 6 heteroatoms. The molecule has 0 bridgehead atoms. The number of carbonyl (C=O) groups is 1. The minimum absolute atomic E-state index is 0.164. The Kier molecular flexibility index (Phi) is 5.53. The number of amides is 1. The molecule has 158 valence electrons. The molecule has 0 saturated heterocycles. The maximum Gasteiger partial charge on any atom is 0.274 e. The van der Waals surface area contributed by atoms with Gasteiger partial charge in [0.1, 0.15) is 5.15 Å². The van der Waals surface area contributed by atoms with Gasteiger partial charge in [0.2, 0.25) is 0 Å². The van der Waals surface area contributed by atoms with E-state index in [0.717, 1.165) is 37.8 Å². The third-order valence-corrected chi connectivity index (χ3v) is 6.46. The van der Waals surface area contributed by atoms with Crippen LogP contribution < -0.4 is 0 Å². The van der Waals surface area contributed by atoms with Crippen molar-refractivity contribution in [2.24, 2.45) is 5.10 Å². The van der Waals surface area contributed by atoms with Crippen LogP contribution >= 0.6 is 27.5 Å². The first-order chi connectivity index (χ1) is 15.5. The number of pyridine rings is 1. The van der Waals surface area contributed by atoms with Gasteiger partial charge in [-0.05, 0) is 54.4 Å². The molecule has 2 heterocycles. The van der Waals surface area contributed by atoms with Gasteiger partial charge in [-0.25, -0.2) is 9.99 Å². The second-order valence-corrected chi connectivity index (χ2v) is 9.13. The van der Waals surface area contributed by atoms with Crippen LogP contribution in [0.3, 0.4) is 0 Å². The fraction of sp³-hybridized carbons (Fsp3) is 0.115.